The van der Waals surface area contributed by atoms with Crippen LogP contribution >= 0.6 is 12.6 Å². The number of nitrogens with zero attached hydrogens (tertiary/aromatic N) is 2. The monoisotopic (exact) mass is 251 g/mol. The van der Waals surface area contributed by atoms with E-state index in [0.717, 1.165) is 26.2 Å². The van der Waals surface area contributed by atoms with Crippen LogP contribution in [0.3, 0.4) is 0 Å². The number of nitrogens with one attached hydrogen (secondary N) is 1. The van der Waals surface area contributed by atoms with Gasteiger partial charge in [0.1, 0.15) is 0 Å². The molecule has 1 aromatic rings. The van der Waals surface area contributed by atoms with Gasteiger partial charge in [0.15, 0.2) is 0 Å². The molecular weight excluding hydrogens is 234 g/mol. The van der Waals surface area contributed by atoms with E-state index in [1.54, 1.807) is 6.07 Å². The standard InChI is InChI=1S/C12H17N3OS/c1-14-6-8-15(9-7-14)13-12(16)10-4-2-3-5-11(10)17/h2-5,17H,6-9H2,1H3,(H,13,16). The van der Waals surface area contributed by atoms with Gasteiger partial charge in [-0.15, -0.1) is 12.6 Å². The molecule has 0 aliphatic carbocycles. The average molecular weight is 251 g/mol. The molecule has 2 rings (SSSR count). The summed E-state index contributed by atoms with van der Waals surface area (Å²) >= 11 is 4.28. The number of hydrogen-bond donors (Lipinski definition) is 2. The molecular formula is C12H17N3OS. The van der Waals surface area contributed by atoms with Crippen LogP contribution in [0.4, 0.5) is 0 Å². The minimum absolute atomic E-state index is 0.0832. The second-order valence-corrected chi connectivity index (χ2v) is 4.73. The number of hydrazine groups is 1. The smallest absolute Gasteiger partial charge is 0.266 e. The molecule has 92 valence electrons. The van der Waals surface area contributed by atoms with Gasteiger partial charge in [0.2, 0.25) is 0 Å². The lowest BCUT2D eigenvalue weighted by molar-refractivity contribution is 0.0660. The van der Waals surface area contributed by atoms with Gasteiger partial charge in [-0.25, -0.2) is 5.01 Å². The maximum absolute atomic E-state index is 12.0. The van der Waals surface area contributed by atoms with Crippen LogP contribution in [0.2, 0.25) is 0 Å². The molecule has 4 nitrogen and oxygen atoms in total. The van der Waals surface area contributed by atoms with Crippen molar-refractivity contribution in [1.29, 1.82) is 0 Å². The Morgan fingerprint density at radius 3 is 2.53 bits per heavy atom. The highest BCUT2D eigenvalue weighted by Crippen LogP contribution is 2.12. The summed E-state index contributed by atoms with van der Waals surface area (Å²) in [6.45, 7) is 3.67. The largest absolute Gasteiger partial charge is 0.304 e. The number of piperazine rings is 1. The van der Waals surface area contributed by atoms with Crippen LogP contribution in [0, 0.1) is 0 Å². The van der Waals surface area contributed by atoms with E-state index in [9.17, 15) is 4.79 Å². The normalized spacial score (nSPS) is 18.0. The first kappa shape index (κ1) is 12.4. The SMILES string of the molecule is CN1CCN(NC(=O)c2ccccc2S)CC1. The highest BCUT2D eigenvalue weighted by Gasteiger charge is 2.17. The topological polar surface area (TPSA) is 35.6 Å². The van der Waals surface area contributed by atoms with Crippen LogP contribution in [0.1, 0.15) is 10.4 Å². The molecule has 1 fully saturated rings. The zero-order chi connectivity index (χ0) is 12.3. The maximum atomic E-state index is 12.0. The van der Waals surface area contributed by atoms with E-state index in [2.05, 4.69) is 30.0 Å². The van der Waals surface area contributed by atoms with Crippen molar-refractivity contribution in [2.45, 2.75) is 4.90 Å². The third-order valence-corrected chi connectivity index (χ3v) is 3.30. The second kappa shape index (κ2) is 5.53. The lowest BCUT2D eigenvalue weighted by Crippen LogP contribution is -2.52. The van der Waals surface area contributed by atoms with Crippen molar-refractivity contribution in [2.24, 2.45) is 0 Å². The minimum atomic E-state index is -0.0832. The van der Waals surface area contributed by atoms with E-state index in [0.29, 0.717) is 10.5 Å². The van der Waals surface area contributed by atoms with Crippen molar-refractivity contribution < 1.29 is 4.79 Å². The number of carbonyl (C=O) groups excluding carboxylic acids is 1. The van der Waals surface area contributed by atoms with Gasteiger partial charge in [-0.2, -0.15) is 0 Å². The van der Waals surface area contributed by atoms with Crippen molar-refractivity contribution in [3.63, 3.8) is 0 Å². The van der Waals surface area contributed by atoms with Crippen molar-refractivity contribution >= 4 is 18.5 Å². The average Bonchev–Trinajstić information content (AvgIpc) is 2.32. The van der Waals surface area contributed by atoms with Gasteiger partial charge < -0.3 is 4.90 Å². The molecule has 1 saturated heterocycles. The molecule has 0 radical (unpaired) electrons. The Bertz CT molecular complexity index is 402. The summed E-state index contributed by atoms with van der Waals surface area (Å²) in [6.07, 6.45) is 0. The lowest BCUT2D eigenvalue weighted by Gasteiger charge is -2.32. The zero-order valence-electron chi connectivity index (χ0n) is 9.89. The van der Waals surface area contributed by atoms with Gasteiger partial charge in [-0.1, -0.05) is 12.1 Å². The van der Waals surface area contributed by atoms with Crippen LogP contribution < -0.4 is 5.43 Å². The lowest BCUT2D eigenvalue weighted by atomic mass is 10.2. The van der Waals surface area contributed by atoms with Gasteiger partial charge in [-0.3, -0.25) is 10.2 Å². The number of hydrogen-bond acceptors (Lipinski definition) is 4. The Balaban J connectivity index is 1.96. The fraction of sp³-hybridized carbons (Fsp3) is 0.417. The summed E-state index contributed by atoms with van der Waals surface area (Å²) in [6, 6.07) is 7.32. The molecule has 0 aromatic heterocycles. The first-order valence-corrected chi connectivity index (χ1v) is 6.14. The highest BCUT2D eigenvalue weighted by molar-refractivity contribution is 7.80. The molecule has 0 bridgehead atoms. The van der Waals surface area contributed by atoms with Crippen molar-refractivity contribution in [3.05, 3.63) is 29.8 Å². The van der Waals surface area contributed by atoms with Crippen LogP contribution in [0.5, 0.6) is 0 Å². The molecule has 1 aromatic carbocycles. The molecule has 1 aliphatic rings. The van der Waals surface area contributed by atoms with E-state index in [4.69, 9.17) is 0 Å². The summed E-state index contributed by atoms with van der Waals surface area (Å²) in [5.41, 5.74) is 3.54. The fourth-order valence-electron chi connectivity index (χ4n) is 1.79. The molecule has 0 spiro atoms. The number of rotatable bonds is 2. The van der Waals surface area contributed by atoms with Gasteiger partial charge in [-0.05, 0) is 19.2 Å². The summed E-state index contributed by atoms with van der Waals surface area (Å²) in [4.78, 5) is 15.0. The summed E-state index contributed by atoms with van der Waals surface area (Å²) < 4.78 is 0. The third kappa shape index (κ3) is 3.21. The van der Waals surface area contributed by atoms with Crippen LogP contribution in [0.25, 0.3) is 0 Å². The predicted molar refractivity (Wildman–Crippen MR) is 70.2 cm³/mol. The molecule has 0 saturated carbocycles. The third-order valence-electron chi connectivity index (χ3n) is 2.91. The van der Waals surface area contributed by atoms with Crippen LogP contribution in [-0.2, 0) is 0 Å². The Labute approximate surface area is 107 Å². The van der Waals surface area contributed by atoms with Gasteiger partial charge in [0.05, 0.1) is 5.56 Å². The fourth-order valence-corrected chi connectivity index (χ4v) is 2.05. The second-order valence-electron chi connectivity index (χ2n) is 4.25. The van der Waals surface area contributed by atoms with Crippen molar-refractivity contribution in [1.82, 2.24) is 15.3 Å². The highest BCUT2D eigenvalue weighted by atomic mass is 32.1. The summed E-state index contributed by atoms with van der Waals surface area (Å²) in [5, 5.41) is 1.96. The Morgan fingerprint density at radius 2 is 1.88 bits per heavy atom. The maximum Gasteiger partial charge on any atom is 0.266 e. The Kier molecular flexibility index (Phi) is 4.04. The Hall–Kier alpha value is -1.04. The van der Waals surface area contributed by atoms with Crippen LogP contribution in [-0.4, -0.2) is 49.0 Å². The van der Waals surface area contributed by atoms with E-state index in [1.807, 2.05) is 23.2 Å². The quantitative estimate of drug-likeness (QED) is 0.766. The van der Waals surface area contributed by atoms with Crippen LogP contribution in [0.15, 0.2) is 29.2 Å². The zero-order valence-corrected chi connectivity index (χ0v) is 10.8. The molecule has 1 aliphatic heterocycles. The van der Waals surface area contributed by atoms with Crippen molar-refractivity contribution in [3.8, 4) is 0 Å². The van der Waals surface area contributed by atoms with E-state index in [1.165, 1.54) is 0 Å². The summed E-state index contributed by atoms with van der Waals surface area (Å²) in [7, 11) is 2.09. The summed E-state index contributed by atoms with van der Waals surface area (Å²) in [5.74, 6) is -0.0832. The predicted octanol–water partition coefficient (Wildman–Crippen LogP) is 0.867. The Morgan fingerprint density at radius 1 is 1.24 bits per heavy atom. The minimum Gasteiger partial charge on any atom is -0.304 e. The molecule has 1 N–H and O–H groups in total. The number of benzene rings is 1. The molecule has 0 unspecified atom stereocenters. The molecule has 1 heterocycles. The van der Waals surface area contributed by atoms with E-state index in [-0.39, 0.29) is 5.91 Å². The number of thiol groups is 1. The van der Waals surface area contributed by atoms with Gasteiger partial charge in [0, 0.05) is 31.1 Å². The first-order chi connectivity index (χ1) is 8.16. The molecule has 5 heteroatoms. The van der Waals surface area contributed by atoms with E-state index < -0.39 is 0 Å². The number of likely N-dealkylation sites (N-methyl/N-ethyl adjacent to an activating group) is 1. The molecule has 1 amide bonds. The van der Waals surface area contributed by atoms with Gasteiger partial charge >= 0.3 is 0 Å². The number of amides is 1. The molecule has 17 heavy (non-hydrogen) atoms. The van der Waals surface area contributed by atoms with Crippen molar-refractivity contribution in [2.75, 3.05) is 33.2 Å². The first-order valence-electron chi connectivity index (χ1n) is 5.69. The molecule has 0 atom stereocenters. The van der Waals surface area contributed by atoms with E-state index >= 15 is 0 Å². The number of carbonyl (C=O) groups is 1. The van der Waals surface area contributed by atoms with Gasteiger partial charge in [0.25, 0.3) is 5.91 Å².